The first-order chi connectivity index (χ1) is 19.1. The topological polar surface area (TPSA) is 132 Å². The summed E-state index contributed by atoms with van der Waals surface area (Å²) in [6.45, 7) is 0.0724. The summed E-state index contributed by atoms with van der Waals surface area (Å²) in [4.78, 5) is 33.3. The number of nitrogens with one attached hydrogen (secondary N) is 2. The van der Waals surface area contributed by atoms with E-state index in [1.54, 1.807) is 12.1 Å². The Hall–Kier alpha value is -4.39. The SMILES string of the molecule is COc1ccc(Oc2ccc(CNC(=O)C3(NC(=O)Oc4cncnc4)CCC(O)CC3)cc2)c(C(F)(F)F)c1. The van der Waals surface area contributed by atoms with Gasteiger partial charge in [-0.05, 0) is 61.6 Å². The van der Waals surface area contributed by atoms with Crippen LogP contribution >= 0.6 is 0 Å². The minimum atomic E-state index is -4.64. The summed E-state index contributed by atoms with van der Waals surface area (Å²) in [7, 11) is 1.27. The molecule has 0 atom stereocenters. The smallest absolute Gasteiger partial charge is 0.420 e. The fourth-order valence-corrected chi connectivity index (χ4v) is 4.27. The normalized spacial score (nSPS) is 18.9. The monoisotopic (exact) mass is 560 g/mol. The van der Waals surface area contributed by atoms with E-state index in [2.05, 4.69) is 20.6 Å². The van der Waals surface area contributed by atoms with Crippen LogP contribution in [0.3, 0.4) is 0 Å². The third-order valence-electron chi connectivity index (χ3n) is 6.43. The van der Waals surface area contributed by atoms with E-state index in [4.69, 9.17) is 14.2 Å². The standard InChI is InChI=1S/C27H27F3N4O6/c1-38-20-6-7-23(22(12-20)27(28,29)30)39-19-4-2-17(3-5-19)13-33-24(36)26(10-8-18(35)9-11-26)34-25(37)40-21-14-31-16-32-15-21/h2-7,12,14-16,18,35H,8-11,13H2,1H3,(H,33,36)(H,34,37). The highest BCUT2D eigenvalue weighted by Gasteiger charge is 2.43. The van der Waals surface area contributed by atoms with Crippen molar-refractivity contribution in [2.45, 2.75) is 50.0 Å². The number of ether oxygens (including phenoxy) is 3. The van der Waals surface area contributed by atoms with Crippen molar-refractivity contribution in [3.05, 3.63) is 72.3 Å². The molecule has 0 bridgehead atoms. The number of rotatable bonds is 8. The van der Waals surface area contributed by atoms with Gasteiger partial charge in [0.25, 0.3) is 0 Å². The molecule has 212 valence electrons. The van der Waals surface area contributed by atoms with Crippen LogP contribution in [0.15, 0.2) is 61.2 Å². The Balaban J connectivity index is 1.40. The maximum Gasteiger partial charge on any atom is 0.420 e. The lowest BCUT2D eigenvalue weighted by Gasteiger charge is -2.37. The molecule has 0 aliphatic heterocycles. The Bertz CT molecular complexity index is 1310. The van der Waals surface area contributed by atoms with Crippen LogP contribution in [0.4, 0.5) is 18.0 Å². The first-order valence-corrected chi connectivity index (χ1v) is 12.3. The molecule has 10 nitrogen and oxygen atoms in total. The lowest BCUT2D eigenvalue weighted by Crippen LogP contribution is -2.61. The van der Waals surface area contributed by atoms with Crippen molar-refractivity contribution in [2.24, 2.45) is 0 Å². The van der Waals surface area contributed by atoms with Crippen molar-refractivity contribution in [3.63, 3.8) is 0 Å². The highest BCUT2D eigenvalue weighted by Crippen LogP contribution is 2.40. The van der Waals surface area contributed by atoms with Crippen LogP contribution in [0.25, 0.3) is 0 Å². The summed E-state index contributed by atoms with van der Waals surface area (Å²) >= 11 is 0. The number of halogens is 3. The molecule has 2 aromatic carbocycles. The molecule has 1 fully saturated rings. The maximum atomic E-state index is 13.5. The Morgan fingerprint density at radius 3 is 2.30 bits per heavy atom. The van der Waals surface area contributed by atoms with Gasteiger partial charge in [-0.3, -0.25) is 4.79 Å². The number of hydrogen-bond donors (Lipinski definition) is 3. The first-order valence-electron chi connectivity index (χ1n) is 12.3. The molecule has 0 unspecified atom stereocenters. The largest absolute Gasteiger partial charge is 0.497 e. The second kappa shape index (κ2) is 12.2. The van der Waals surface area contributed by atoms with Gasteiger partial charge >= 0.3 is 12.3 Å². The average molecular weight is 561 g/mol. The summed E-state index contributed by atoms with van der Waals surface area (Å²) in [5.41, 5.74) is -1.64. The van der Waals surface area contributed by atoms with Crippen LogP contribution in [0.2, 0.25) is 0 Å². The van der Waals surface area contributed by atoms with Gasteiger partial charge in [0, 0.05) is 6.54 Å². The van der Waals surface area contributed by atoms with Gasteiger partial charge in [-0.25, -0.2) is 14.8 Å². The zero-order valence-electron chi connectivity index (χ0n) is 21.4. The van der Waals surface area contributed by atoms with Crippen LogP contribution < -0.4 is 24.8 Å². The lowest BCUT2D eigenvalue weighted by atomic mass is 9.79. The maximum absolute atomic E-state index is 13.5. The Kier molecular flexibility index (Phi) is 8.73. The second-order valence-electron chi connectivity index (χ2n) is 9.19. The Morgan fingerprint density at radius 2 is 1.68 bits per heavy atom. The summed E-state index contributed by atoms with van der Waals surface area (Å²) in [5, 5.41) is 15.4. The van der Waals surface area contributed by atoms with E-state index < -0.39 is 35.4 Å². The molecule has 0 spiro atoms. The zero-order chi connectivity index (χ0) is 28.8. The van der Waals surface area contributed by atoms with Crippen molar-refractivity contribution in [2.75, 3.05) is 7.11 Å². The third kappa shape index (κ3) is 7.17. The molecule has 3 N–H and O–H groups in total. The van der Waals surface area contributed by atoms with Gasteiger partial charge in [0.05, 0.1) is 25.6 Å². The number of benzene rings is 2. The molecule has 4 rings (SSSR count). The molecule has 1 aliphatic carbocycles. The second-order valence-corrected chi connectivity index (χ2v) is 9.19. The molecule has 2 amide bonds. The lowest BCUT2D eigenvalue weighted by molar-refractivity contribution is -0.138. The van der Waals surface area contributed by atoms with E-state index in [9.17, 15) is 27.9 Å². The van der Waals surface area contributed by atoms with Gasteiger partial charge in [0.15, 0.2) is 5.75 Å². The highest BCUT2D eigenvalue weighted by molar-refractivity contribution is 5.90. The molecule has 1 aromatic heterocycles. The molecule has 1 saturated carbocycles. The van der Waals surface area contributed by atoms with E-state index in [0.29, 0.717) is 18.4 Å². The minimum Gasteiger partial charge on any atom is -0.497 e. The number of methoxy groups -OCH3 is 1. The Morgan fingerprint density at radius 1 is 1.02 bits per heavy atom. The van der Waals surface area contributed by atoms with Gasteiger partial charge in [-0.1, -0.05) is 12.1 Å². The molecular formula is C27H27F3N4O6. The minimum absolute atomic E-state index is 0.0489. The number of carbonyl (C=O) groups is 2. The van der Waals surface area contributed by atoms with Crippen LogP contribution in [0, 0.1) is 0 Å². The number of aliphatic hydroxyl groups is 1. The summed E-state index contributed by atoms with van der Waals surface area (Å²) in [6, 6.07) is 9.57. The van der Waals surface area contributed by atoms with Crippen LogP contribution in [0.1, 0.15) is 36.8 Å². The summed E-state index contributed by atoms with van der Waals surface area (Å²) < 4.78 is 56.0. The molecule has 40 heavy (non-hydrogen) atoms. The molecule has 3 aromatic rings. The first kappa shape index (κ1) is 28.6. The molecule has 1 aliphatic rings. The fourth-order valence-electron chi connectivity index (χ4n) is 4.27. The quantitative estimate of drug-likeness (QED) is 0.370. The number of aromatic nitrogens is 2. The molecule has 1 heterocycles. The van der Waals surface area contributed by atoms with E-state index in [1.807, 2.05) is 0 Å². The Labute approximate surface area is 227 Å². The van der Waals surface area contributed by atoms with Crippen molar-refractivity contribution in [3.8, 4) is 23.0 Å². The van der Waals surface area contributed by atoms with Crippen molar-refractivity contribution in [1.29, 1.82) is 0 Å². The van der Waals surface area contributed by atoms with Gasteiger partial charge in [0.2, 0.25) is 5.91 Å². The average Bonchev–Trinajstić information content (AvgIpc) is 2.94. The summed E-state index contributed by atoms with van der Waals surface area (Å²) in [5.74, 6) is -0.527. The molecule has 0 saturated heterocycles. The highest BCUT2D eigenvalue weighted by atomic mass is 19.4. The number of carbonyl (C=O) groups excluding carboxylic acids is 2. The number of nitrogens with zero attached hydrogens (tertiary/aromatic N) is 2. The van der Waals surface area contributed by atoms with E-state index in [0.717, 1.165) is 6.07 Å². The van der Waals surface area contributed by atoms with Crippen LogP contribution in [-0.2, 0) is 17.5 Å². The predicted octanol–water partition coefficient (Wildman–Crippen LogP) is 4.37. The van der Waals surface area contributed by atoms with Crippen molar-refractivity contribution in [1.82, 2.24) is 20.6 Å². The molecular weight excluding hydrogens is 533 g/mol. The van der Waals surface area contributed by atoms with Gasteiger partial charge in [-0.15, -0.1) is 0 Å². The van der Waals surface area contributed by atoms with E-state index in [1.165, 1.54) is 50.1 Å². The van der Waals surface area contributed by atoms with Gasteiger partial charge in [-0.2, -0.15) is 13.2 Å². The fraction of sp³-hybridized carbons (Fsp3) is 0.333. The number of alkyl halides is 3. The zero-order valence-corrected chi connectivity index (χ0v) is 21.4. The molecule has 0 radical (unpaired) electrons. The number of hydrogen-bond acceptors (Lipinski definition) is 8. The number of amides is 2. The van der Waals surface area contributed by atoms with Crippen LogP contribution in [-0.4, -0.2) is 45.8 Å². The van der Waals surface area contributed by atoms with Crippen molar-refractivity contribution < 1.29 is 42.1 Å². The van der Waals surface area contributed by atoms with E-state index in [-0.39, 0.29) is 42.4 Å². The van der Waals surface area contributed by atoms with E-state index >= 15 is 0 Å². The van der Waals surface area contributed by atoms with Gasteiger partial charge in [0.1, 0.15) is 34.7 Å². The summed E-state index contributed by atoms with van der Waals surface area (Å²) in [6.07, 6.45) is -1.22. The number of aliphatic hydroxyl groups excluding tert-OH is 1. The molecule has 13 heteroatoms. The van der Waals surface area contributed by atoms with Gasteiger partial charge < -0.3 is 30.0 Å². The third-order valence-corrected chi connectivity index (χ3v) is 6.43. The van der Waals surface area contributed by atoms with Crippen LogP contribution in [0.5, 0.6) is 23.0 Å². The van der Waals surface area contributed by atoms with Crippen molar-refractivity contribution >= 4 is 12.0 Å². The predicted molar refractivity (Wildman–Crippen MR) is 135 cm³/mol.